The summed E-state index contributed by atoms with van der Waals surface area (Å²) in [4.78, 5) is 7.69. The maximum Gasteiger partial charge on any atom is 0.141 e. The molecule has 0 spiro atoms. The van der Waals surface area contributed by atoms with Crippen LogP contribution in [0.4, 0.5) is 0 Å². The van der Waals surface area contributed by atoms with Crippen LogP contribution in [0, 0.1) is 13.8 Å². The highest BCUT2D eigenvalue weighted by Gasteiger charge is 2.22. The lowest BCUT2D eigenvalue weighted by Gasteiger charge is -2.32. The third-order valence-electron chi connectivity index (χ3n) is 12.9. The Morgan fingerprint density at radius 3 is 1.31 bits per heavy atom. The van der Waals surface area contributed by atoms with Crippen molar-refractivity contribution in [3.8, 4) is 16.9 Å². The number of imidazole rings is 1. The lowest BCUT2D eigenvalue weighted by atomic mass is 10.0. The van der Waals surface area contributed by atoms with Gasteiger partial charge in [-0.05, 0) is 62.6 Å². The van der Waals surface area contributed by atoms with Gasteiger partial charge >= 0.3 is 0 Å². The minimum atomic E-state index is 0.328. The summed E-state index contributed by atoms with van der Waals surface area (Å²) in [7, 11) is 0. The van der Waals surface area contributed by atoms with E-state index in [-0.39, 0.29) is 0 Å². The molecule has 83 heavy (non-hydrogen) atoms. The van der Waals surface area contributed by atoms with Crippen LogP contribution in [-0.4, -0.2) is 263 Å². The van der Waals surface area contributed by atoms with E-state index in [2.05, 4.69) is 45.8 Å². The molecule has 4 aromatic rings. The molecule has 23 nitrogen and oxygen atoms in total. The lowest BCUT2D eigenvalue weighted by molar-refractivity contribution is -0.0301. The Labute approximate surface area is 496 Å². The van der Waals surface area contributed by atoms with E-state index >= 15 is 0 Å². The van der Waals surface area contributed by atoms with E-state index in [1.54, 1.807) is 0 Å². The maximum absolute atomic E-state index is 6.72. The van der Waals surface area contributed by atoms with Gasteiger partial charge in [0.15, 0.2) is 0 Å². The summed E-state index contributed by atoms with van der Waals surface area (Å²) in [6.45, 7) is 26.0. The summed E-state index contributed by atoms with van der Waals surface area (Å²) in [5.41, 5.74) is 11.5. The predicted molar refractivity (Wildman–Crippen MR) is 312 cm³/mol. The van der Waals surface area contributed by atoms with Crippen molar-refractivity contribution in [1.29, 1.82) is 0 Å². The molecule has 1 atom stereocenters. The van der Waals surface area contributed by atoms with Crippen LogP contribution in [0.15, 0.2) is 40.9 Å². The average molecular weight is 1200 g/mol. The standard InChI is InChI=1S/C59H96ClN5O18/c1-49(64-11-14-67-15-12-64)48-65-56-7-6-53(59-50(2)63-83-51(59)3)47-55(56)62-58(65)9-5-52-4-8-57(54(60)46-52)82-45-44-81-43-42-80-41-40-79-39-38-78-37-36-77-35-34-76-33-32-75-31-30-74-29-28-73-27-26-72-25-24-71-23-22-70-21-20-69-19-18-68-17-16-66-13-10-61/h4,6-8,46-47,49H,5,9-45,48,61H2,1-3H3. The van der Waals surface area contributed by atoms with E-state index in [4.69, 9.17) is 107 Å². The molecule has 1 aliphatic heterocycles. The minimum Gasteiger partial charge on any atom is -0.490 e. The van der Waals surface area contributed by atoms with Crippen LogP contribution in [0.3, 0.4) is 0 Å². The van der Waals surface area contributed by atoms with Crippen molar-refractivity contribution in [2.45, 2.75) is 46.2 Å². The van der Waals surface area contributed by atoms with E-state index in [0.717, 1.165) is 90.7 Å². The molecule has 2 aromatic carbocycles. The fraction of sp³-hybridized carbons (Fsp3) is 0.729. The van der Waals surface area contributed by atoms with Crippen LogP contribution < -0.4 is 10.5 Å². The molecule has 1 saturated heterocycles. The predicted octanol–water partition coefficient (Wildman–Crippen LogP) is 5.05. The zero-order chi connectivity index (χ0) is 58.5. The average Bonchev–Trinajstić information content (AvgIpc) is 3.68. The van der Waals surface area contributed by atoms with Crippen LogP contribution in [0.2, 0.25) is 5.02 Å². The summed E-state index contributed by atoms with van der Waals surface area (Å²) in [6.07, 6.45) is 1.53. The second kappa shape index (κ2) is 46.7. The summed E-state index contributed by atoms with van der Waals surface area (Å²) < 4.78 is 102. The van der Waals surface area contributed by atoms with Crippen molar-refractivity contribution < 1.29 is 85.0 Å². The summed E-state index contributed by atoms with van der Waals surface area (Å²) in [5, 5.41) is 4.74. The quantitative estimate of drug-likeness (QED) is 0.0570. The van der Waals surface area contributed by atoms with Gasteiger partial charge in [0.25, 0.3) is 0 Å². The Balaban J connectivity index is 0.732. The molecule has 3 heterocycles. The molecule has 2 N–H and O–H groups in total. The molecule has 1 aliphatic rings. The highest BCUT2D eigenvalue weighted by atomic mass is 35.5. The van der Waals surface area contributed by atoms with Crippen molar-refractivity contribution in [1.82, 2.24) is 19.6 Å². The molecule has 5 rings (SSSR count). The number of hydrogen-bond donors (Lipinski definition) is 1. The smallest absolute Gasteiger partial charge is 0.141 e. The Kier molecular flexibility index (Phi) is 39.5. The molecular formula is C59H96ClN5O18. The van der Waals surface area contributed by atoms with Crippen molar-refractivity contribution in [2.24, 2.45) is 5.73 Å². The van der Waals surface area contributed by atoms with Crippen LogP contribution in [-0.2, 0) is 95.2 Å². The monoisotopic (exact) mass is 1200 g/mol. The fourth-order valence-electron chi connectivity index (χ4n) is 8.57. The molecule has 472 valence electrons. The first kappa shape index (κ1) is 70.3. The van der Waals surface area contributed by atoms with Crippen molar-refractivity contribution in [2.75, 3.05) is 238 Å². The molecule has 0 bridgehead atoms. The molecule has 2 aromatic heterocycles. The number of aryl methyl sites for hydroxylation is 4. The van der Waals surface area contributed by atoms with Crippen molar-refractivity contribution in [3.05, 3.63) is 64.3 Å². The Morgan fingerprint density at radius 1 is 0.518 bits per heavy atom. The second-order valence-electron chi connectivity index (χ2n) is 19.1. The Bertz CT molecular complexity index is 2190. The van der Waals surface area contributed by atoms with E-state index < -0.39 is 0 Å². The number of morpholine rings is 1. The Morgan fingerprint density at radius 2 is 0.928 bits per heavy atom. The first-order valence-electron chi connectivity index (χ1n) is 29.5. The number of hydrogen-bond acceptors (Lipinski definition) is 22. The highest BCUT2D eigenvalue weighted by Crippen LogP contribution is 2.31. The Hall–Kier alpha value is -3.51. The van der Waals surface area contributed by atoms with Gasteiger partial charge in [-0.15, -0.1) is 0 Å². The number of ether oxygens (including phenoxy) is 17. The van der Waals surface area contributed by atoms with Crippen molar-refractivity contribution >= 4 is 22.6 Å². The van der Waals surface area contributed by atoms with Gasteiger partial charge in [-0.2, -0.15) is 0 Å². The van der Waals surface area contributed by atoms with Gasteiger partial charge in [-0.1, -0.05) is 28.9 Å². The fourth-order valence-corrected chi connectivity index (χ4v) is 8.83. The number of nitrogens with zero attached hydrogens (tertiary/aromatic N) is 4. The highest BCUT2D eigenvalue weighted by molar-refractivity contribution is 6.32. The van der Waals surface area contributed by atoms with Gasteiger partial charge in [0.1, 0.15) is 23.9 Å². The molecule has 0 radical (unpaired) electrons. The minimum absolute atomic E-state index is 0.328. The topological polar surface area (TPSA) is 230 Å². The van der Waals surface area contributed by atoms with Gasteiger partial charge < -0.3 is 95.4 Å². The zero-order valence-corrected chi connectivity index (χ0v) is 50.5. The molecule has 1 unspecified atom stereocenters. The van der Waals surface area contributed by atoms with E-state index in [1.165, 1.54) is 0 Å². The van der Waals surface area contributed by atoms with Gasteiger partial charge in [-0.3, -0.25) is 4.90 Å². The van der Waals surface area contributed by atoms with Crippen LogP contribution >= 0.6 is 11.6 Å². The molecule has 0 saturated carbocycles. The number of fused-ring (bicyclic) bond motifs is 1. The SMILES string of the molecule is Cc1noc(C)c1-c1ccc2c(c1)nc(CCc1ccc(OCCOCCOCCOCCOCCOCCOCCOCCOCCOCCOCCOCCOCCOCCOCCOCCN)c(Cl)c1)n2CC(C)N1CCOCC1. The number of aromatic nitrogens is 3. The van der Waals surface area contributed by atoms with E-state index in [0.29, 0.717) is 228 Å². The summed E-state index contributed by atoms with van der Waals surface area (Å²) >= 11 is 6.72. The molecular weight excluding hydrogens is 1100 g/mol. The maximum atomic E-state index is 6.72. The lowest BCUT2D eigenvalue weighted by Crippen LogP contribution is -2.44. The molecule has 24 heteroatoms. The van der Waals surface area contributed by atoms with Crippen LogP contribution in [0.25, 0.3) is 22.2 Å². The number of benzene rings is 2. The largest absolute Gasteiger partial charge is 0.490 e. The third kappa shape index (κ3) is 31.1. The molecule has 0 amide bonds. The number of nitrogens with two attached hydrogens (primary N) is 1. The van der Waals surface area contributed by atoms with Gasteiger partial charge in [0.2, 0.25) is 0 Å². The molecule has 0 aliphatic carbocycles. The molecule has 1 fully saturated rings. The summed E-state index contributed by atoms with van der Waals surface area (Å²) in [5.74, 6) is 2.46. The van der Waals surface area contributed by atoms with Crippen molar-refractivity contribution in [3.63, 3.8) is 0 Å². The number of halogens is 1. The van der Waals surface area contributed by atoms with E-state index in [9.17, 15) is 0 Å². The first-order chi connectivity index (χ1) is 40.9. The summed E-state index contributed by atoms with van der Waals surface area (Å²) in [6, 6.07) is 12.8. The van der Waals surface area contributed by atoms with Crippen LogP contribution in [0.1, 0.15) is 29.8 Å². The zero-order valence-electron chi connectivity index (χ0n) is 49.7. The first-order valence-corrected chi connectivity index (χ1v) is 29.8. The number of rotatable bonds is 55. The van der Waals surface area contributed by atoms with Gasteiger partial charge in [0, 0.05) is 44.2 Å². The van der Waals surface area contributed by atoms with Gasteiger partial charge in [-0.25, -0.2) is 4.98 Å². The van der Waals surface area contributed by atoms with E-state index in [1.807, 2.05) is 26.0 Å². The third-order valence-corrected chi connectivity index (χ3v) is 13.1. The second-order valence-corrected chi connectivity index (χ2v) is 19.5. The van der Waals surface area contributed by atoms with Crippen LogP contribution in [0.5, 0.6) is 5.75 Å². The normalized spacial score (nSPS) is 13.5. The van der Waals surface area contributed by atoms with Gasteiger partial charge in [0.05, 0.1) is 233 Å².